The van der Waals surface area contributed by atoms with E-state index >= 15 is 0 Å². The van der Waals surface area contributed by atoms with Crippen molar-refractivity contribution in [2.75, 3.05) is 99.0 Å². The minimum atomic E-state index is -3.28. The third kappa shape index (κ3) is 16.4. The van der Waals surface area contributed by atoms with Gasteiger partial charge in [0.25, 0.3) is 0 Å². The first kappa shape index (κ1) is 71.4. The van der Waals surface area contributed by atoms with Crippen molar-refractivity contribution in [3.63, 3.8) is 0 Å². The van der Waals surface area contributed by atoms with Gasteiger partial charge in [0.15, 0.2) is 16.9 Å². The molecule has 3 fully saturated rings. The van der Waals surface area contributed by atoms with Crippen molar-refractivity contribution in [3.05, 3.63) is 197 Å². The molecular weight excluding hydrogens is 1390 g/mol. The van der Waals surface area contributed by atoms with Crippen LogP contribution in [0, 0.1) is 0 Å². The van der Waals surface area contributed by atoms with Crippen LogP contribution in [-0.4, -0.2) is 215 Å². The lowest BCUT2D eigenvalue weighted by molar-refractivity contribution is -0.134. The number of piperazine rings is 1. The lowest BCUT2D eigenvalue weighted by Crippen LogP contribution is -2.51. The quantitative estimate of drug-likeness (QED) is 0.0889. The molecule has 0 saturated carbocycles. The third-order valence-electron chi connectivity index (χ3n) is 18.5. The van der Waals surface area contributed by atoms with Gasteiger partial charge in [-0.25, -0.2) is 22.5 Å². The molecule has 24 nitrogen and oxygen atoms in total. The van der Waals surface area contributed by atoms with E-state index in [1.807, 2.05) is 194 Å². The molecule has 0 spiro atoms. The lowest BCUT2D eigenvalue weighted by Gasteiger charge is -2.35. The summed E-state index contributed by atoms with van der Waals surface area (Å²) in [6.45, 7) is 7.82. The highest BCUT2D eigenvalue weighted by molar-refractivity contribution is 7.88. The molecule has 15 rings (SSSR count). The van der Waals surface area contributed by atoms with Crippen LogP contribution in [0.5, 0.6) is 0 Å². The number of nitrogens with zero attached hydrogens (tertiary/aromatic N) is 17. The highest BCUT2D eigenvalue weighted by Gasteiger charge is 2.31. The Morgan fingerprint density at radius 1 is 0.476 bits per heavy atom. The molecule has 528 valence electrons. The summed E-state index contributed by atoms with van der Waals surface area (Å²) in [5.74, 6) is -0.307. The number of hydrogen-bond acceptors (Lipinski definition) is 17. The fourth-order valence-electron chi connectivity index (χ4n) is 12.8. The van der Waals surface area contributed by atoms with Crippen LogP contribution in [0.4, 0.5) is 0 Å². The molecule has 12 aromatic rings. The number of hydrogen-bond donors (Lipinski definition) is 1. The average molecular weight is 1460 g/mol. The van der Waals surface area contributed by atoms with E-state index in [1.54, 1.807) is 14.3 Å². The number of halogens is 3. The van der Waals surface area contributed by atoms with Crippen LogP contribution in [0.2, 0.25) is 15.1 Å². The number of benzene rings is 6. The maximum Gasteiger partial charge on any atom is 0.244 e. The second kappa shape index (κ2) is 32.6. The molecular formula is C75H75Cl3N18O6S. The summed E-state index contributed by atoms with van der Waals surface area (Å²) in [5, 5.41) is 47.1. The maximum atomic E-state index is 13.2. The van der Waals surface area contributed by atoms with Crippen LogP contribution in [0.1, 0.15) is 12.8 Å². The molecule has 9 heterocycles. The van der Waals surface area contributed by atoms with E-state index in [2.05, 4.69) is 52.8 Å². The van der Waals surface area contributed by atoms with Gasteiger partial charge in [-0.3, -0.25) is 19.3 Å². The maximum absolute atomic E-state index is 13.2. The topological polar surface area (TPSA) is 254 Å². The van der Waals surface area contributed by atoms with Gasteiger partial charge >= 0.3 is 0 Å². The highest BCUT2D eigenvalue weighted by Crippen LogP contribution is 2.41. The van der Waals surface area contributed by atoms with Crippen molar-refractivity contribution >= 4 is 95.6 Å². The summed E-state index contributed by atoms with van der Waals surface area (Å²) in [5.41, 5.74) is 10.4. The summed E-state index contributed by atoms with van der Waals surface area (Å²) >= 11 is 20.7. The summed E-state index contributed by atoms with van der Waals surface area (Å²) in [7, 11) is 0.723. The number of carbonyl (C=O) groups is 3. The number of likely N-dealkylation sites (tertiary alicyclic amines) is 1. The van der Waals surface area contributed by atoms with Gasteiger partial charge in [-0.2, -0.15) is 19.6 Å². The zero-order valence-corrected chi connectivity index (χ0v) is 60.1. The number of aromatic nitrogens is 12. The van der Waals surface area contributed by atoms with Gasteiger partial charge in [-0.15, -0.1) is 30.6 Å². The van der Waals surface area contributed by atoms with E-state index in [9.17, 15) is 22.8 Å². The first-order valence-electron chi connectivity index (χ1n) is 33.9. The van der Waals surface area contributed by atoms with Gasteiger partial charge < -0.3 is 24.8 Å². The smallest absolute Gasteiger partial charge is 0.244 e. The van der Waals surface area contributed by atoms with Crippen molar-refractivity contribution in [1.29, 1.82) is 0 Å². The fraction of sp³-hybridized carbons (Fsp3) is 0.280. The molecule has 3 amide bonds. The number of carbonyl (C=O) groups excluding carboxylic acids is 3. The van der Waals surface area contributed by atoms with Crippen LogP contribution < -0.4 is 5.32 Å². The second-order valence-corrected chi connectivity index (χ2v) is 28.4. The van der Waals surface area contributed by atoms with Gasteiger partial charge in [-0.1, -0.05) is 217 Å². The van der Waals surface area contributed by atoms with E-state index in [4.69, 9.17) is 54.8 Å². The largest absolute Gasteiger partial charge is 0.379 e. The third-order valence-corrected chi connectivity index (χ3v) is 20.9. The number of morpholine rings is 1. The Morgan fingerprint density at radius 3 is 1.19 bits per heavy atom. The molecule has 3 saturated heterocycles. The van der Waals surface area contributed by atoms with Crippen molar-refractivity contribution in [2.45, 2.75) is 38.5 Å². The predicted molar refractivity (Wildman–Crippen MR) is 400 cm³/mol. The summed E-state index contributed by atoms with van der Waals surface area (Å²) in [4.78, 5) is 47.1. The van der Waals surface area contributed by atoms with Crippen molar-refractivity contribution < 1.29 is 27.5 Å². The fourth-order valence-corrected chi connectivity index (χ4v) is 14.6. The normalized spacial score (nSPS) is 14.8. The molecule has 0 bridgehead atoms. The van der Waals surface area contributed by atoms with E-state index < -0.39 is 10.0 Å². The second-order valence-electron chi connectivity index (χ2n) is 25.3. The minimum Gasteiger partial charge on any atom is -0.379 e. The molecule has 6 aromatic heterocycles. The Hall–Kier alpha value is -9.96. The number of fused-ring (bicyclic) bond motifs is 3. The summed E-state index contributed by atoms with van der Waals surface area (Å²) < 4.78 is 35.0. The monoisotopic (exact) mass is 1460 g/mol. The molecule has 0 aliphatic carbocycles. The van der Waals surface area contributed by atoms with E-state index in [-0.39, 0.29) is 56.5 Å². The molecule has 0 atom stereocenters. The summed E-state index contributed by atoms with van der Waals surface area (Å²) in [6.07, 6.45) is 3.12. The number of piperidine rings is 1. The van der Waals surface area contributed by atoms with Crippen molar-refractivity contribution in [2.24, 2.45) is 0 Å². The molecule has 28 heteroatoms. The Bertz CT molecular complexity index is 5060. The Labute approximate surface area is 610 Å². The molecule has 3 aliphatic heterocycles. The van der Waals surface area contributed by atoms with E-state index in [1.165, 1.54) is 15.2 Å². The van der Waals surface area contributed by atoms with Crippen LogP contribution in [0.15, 0.2) is 182 Å². The highest BCUT2D eigenvalue weighted by atomic mass is 35.5. The van der Waals surface area contributed by atoms with Gasteiger partial charge in [0.05, 0.1) is 50.7 Å². The number of rotatable bonds is 17. The zero-order valence-electron chi connectivity index (χ0n) is 57.0. The number of likely N-dealkylation sites (N-methyl/N-ethyl adjacent to an activating group) is 1. The first-order chi connectivity index (χ1) is 50.1. The van der Waals surface area contributed by atoms with E-state index in [0.29, 0.717) is 102 Å². The van der Waals surface area contributed by atoms with Gasteiger partial charge in [0.2, 0.25) is 27.7 Å². The van der Waals surface area contributed by atoms with Crippen LogP contribution in [0.3, 0.4) is 0 Å². The summed E-state index contributed by atoms with van der Waals surface area (Å²) in [6, 6.07) is 58.4. The van der Waals surface area contributed by atoms with Gasteiger partial charge in [-0.05, 0) is 33.0 Å². The number of sulfonamides is 1. The first-order valence-corrected chi connectivity index (χ1v) is 36.9. The zero-order chi connectivity index (χ0) is 71.6. The van der Waals surface area contributed by atoms with Crippen molar-refractivity contribution in [3.8, 4) is 67.5 Å². The van der Waals surface area contributed by atoms with Crippen LogP contribution in [0.25, 0.3) is 101 Å². The number of ether oxygens (including phenoxy) is 1. The SMILES string of the molecule is CN1CCC(N(C)C(=O)Cn2nc(-c3ccccc3)c3c(Cl)c(-c4ccccc4)nnc32)CC1.CS(=O)(=O)N1CCN(C(=O)Cn2nc(-c3ccccc3)c3c(Cl)c(-c4ccccc4)nnc32)CC1.O=C(Cn1nc(-c2ccccc2)c2c(Cl)c(-c3ccccc3)nnc21)NCCN1CCOCC1. The Balaban J connectivity index is 0.000000138. The average Bonchev–Trinajstić information content (AvgIpc) is 1.63. The Morgan fingerprint density at radius 2 is 0.825 bits per heavy atom. The lowest BCUT2D eigenvalue weighted by atomic mass is 10.0. The molecule has 3 aliphatic rings. The van der Waals surface area contributed by atoms with Crippen molar-refractivity contribution in [1.82, 2.24) is 89.2 Å². The van der Waals surface area contributed by atoms with Gasteiger partial charge in [0, 0.05) is 98.8 Å². The van der Waals surface area contributed by atoms with Gasteiger partial charge in [0.1, 0.15) is 53.8 Å². The molecule has 6 aromatic carbocycles. The van der Waals surface area contributed by atoms with Crippen LogP contribution in [-0.2, 0) is 48.8 Å². The number of nitrogens with one attached hydrogen (secondary N) is 1. The Kier molecular flexibility index (Phi) is 22.6. The molecule has 1 N–H and O–H groups in total. The predicted octanol–water partition coefficient (Wildman–Crippen LogP) is 10.5. The van der Waals surface area contributed by atoms with E-state index in [0.717, 1.165) is 92.2 Å². The standard InChI is InChI=1S/C26H27ClN6O.C25H25ClN6O2.C24H23ClN6O3S/c1-31-15-13-20(14-16-31)32(2)21(34)17-33-26-22(24(30-33)18-9-5-3-6-10-18)23(27)25(28-29-26)19-11-7-4-8-12-19;26-22-21-23(18-7-3-1-4-8-18)30-32(17-20(33)27-11-12-31-13-15-34-16-14-31)25(21)29-28-24(22)19-9-5-2-6-10-19;1-35(33,34)30-14-12-29(13-15-30)19(32)16-31-24-20(22(28-31)17-8-4-2-5-9-17)21(25)23(26-27-24)18-10-6-3-7-11-18/h3-12,20H,13-17H2,1-2H3;1-10H,11-17H2,(H,27,33);2-11H,12-16H2,1H3. The molecule has 103 heavy (non-hydrogen) atoms. The van der Waals surface area contributed by atoms with Crippen LogP contribution >= 0.6 is 34.8 Å². The molecule has 0 unspecified atom stereocenters. The molecule has 0 radical (unpaired) electrons. The minimum absolute atomic E-state index is 0.00335. The number of amides is 3.